The number of esters is 1. The van der Waals surface area contributed by atoms with Crippen LogP contribution in [0.15, 0.2) is 40.1 Å². The van der Waals surface area contributed by atoms with Gasteiger partial charge in [0.25, 0.3) is 15.9 Å². The molecule has 11 heteroatoms. The fourth-order valence-electron chi connectivity index (χ4n) is 2.75. The molecule has 8 nitrogen and oxygen atoms in total. The molecule has 0 aliphatic carbocycles. The third-order valence-corrected chi connectivity index (χ3v) is 7.71. The molecule has 1 amide bonds. The van der Waals surface area contributed by atoms with Crippen LogP contribution in [0.3, 0.4) is 0 Å². The zero-order valence-corrected chi connectivity index (χ0v) is 17.1. The number of hydrogen-bond donors (Lipinski definition) is 1. The van der Waals surface area contributed by atoms with E-state index in [1.54, 1.807) is 23.6 Å². The van der Waals surface area contributed by atoms with E-state index in [0.29, 0.717) is 27.9 Å². The molecule has 2 aromatic heterocycles. The second-order valence-corrected chi connectivity index (χ2v) is 9.68. The predicted octanol–water partition coefficient (Wildman–Crippen LogP) is 2.38. The number of pyridine rings is 1. The summed E-state index contributed by atoms with van der Waals surface area (Å²) in [6, 6.07) is 6.36. The minimum absolute atomic E-state index is 0.237. The first-order valence-corrected chi connectivity index (χ1v) is 11.2. The van der Waals surface area contributed by atoms with Crippen molar-refractivity contribution in [3.63, 3.8) is 0 Å². The van der Waals surface area contributed by atoms with Gasteiger partial charge >= 0.3 is 5.97 Å². The van der Waals surface area contributed by atoms with Crippen LogP contribution in [0, 0.1) is 5.92 Å². The van der Waals surface area contributed by atoms with Crippen molar-refractivity contribution in [1.82, 2.24) is 9.29 Å². The number of sulfonamides is 1. The molecule has 2 aromatic rings. The Kier molecular flexibility index (Phi) is 6.65. The number of nitrogens with zero attached hydrogens (tertiary/aromatic N) is 2. The first kappa shape index (κ1) is 20.7. The molecule has 0 unspecified atom stereocenters. The summed E-state index contributed by atoms with van der Waals surface area (Å²) < 4.78 is 31.7. The summed E-state index contributed by atoms with van der Waals surface area (Å²) in [7, 11) is -3.51. The summed E-state index contributed by atoms with van der Waals surface area (Å²) in [5.74, 6) is -1.15. The highest BCUT2D eigenvalue weighted by atomic mass is 35.5. The van der Waals surface area contributed by atoms with Gasteiger partial charge in [0.2, 0.25) is 0 Å². The molecule has 1 fully saturated rings. The van der Waals surface area contributed by atoms with Crippen LogP contribution in [0.4, 0.5) is 5.82 Å². The third kappa shape index (κ3) is 5.07. The van der Waals surface area contributed by atoms with Gasteiger partial charge in [-0.1, -0.05) is 17.7 Å². The SMILES string of the molecule is O=C(COC(=O)C1CCN(S(=O)(=O)c2cccs2)CC1)Nc1ccc(Cl)cn1. The molecule has 1 aliphatic rings. The van der Waals surface area contributed by atoms with E-state index in [9.17, 15) is 18.0 Å². The van der Waals surface area contributed by atoms with Crippen LogP contribution in [0.1, 0.15) is 12.8 Å². The normalized spacial score (nSPS) is 15.9. The van der Waals surface area contributed by atoms with Crippen molar-refractivity contribution in [2.75, 3.05) is 25.0 Å². The van der Waals surface area contributed by atoms with Crippen molar-refractivity contribution in [3.05, 3.63) is 40.9 Å². The number of aromatic nitrogens is 1. The average molecular weight is 444 g/mol. The van der Waals surface area contributed by atoms with Crippen LogP contribution in [0.5, 0.6) is 0 Å². The summed E-state index contributed by atoms with van der Waals surface area (Å²) >= 11 is 6.88. The summed E-state index contributed by atoms with van der Waals surface area (Å²) in [5, 5.41) is 4.65. The van der Waals surface area contributed by atoms with Crippen LogP contribution in [0.2, 0.25) is 5.02 Å². The first-order valence-electron chi connectivity index (χ1n) is 8.48. The van der Waals surface area contributed by atoms with Crippen molar-refractivity contribution in [3.8, 4) is 0 Å². The fraction of sp³-hybridized carbons (Fsp3) is 0.353. The number of rotatable bonds is 6. The van der Waals surface area contributed by atoms with Crippen molar-refractivity contribution in [2.24, 2.45) is 5.92 Å². The Morgan fingerprint density at radius 3 is 2.64 bits per heavy atom. The lowest BCUT2D eigenvalue weighted by Gasteiger charge is -2.29. The van der Waals surface area contributed by atoms with E-state index in [1.807, 2.05) is 0 Å². The fourth-order valence-corrected chi connectivity index (χ4v) is 5.48. The number of piperidine rings is 1. The maximum Gasteiger partial charge on any atom is 0.309 e. The molecule has 0 saturated carbocycles. The summed E-state index contributed by atoms with van der Waals surface area (Å²) in [5.41, 5.74) is 0. The largest absolute Gasteiger partial charge is 0.455 e. The van der Waals surface area contributed by atoms with Gasteiger partial charge in [-0.15, -0.1) is 11.3 Å². The summed E-state index contributed by atoms with van der Waals surface area (Å²) in [6.07, 6.45) is 2.09. The zero-order valence-electron chi connectivity index (χ0n) is 14.7. The van der Waals surface area contributed by atoms with Crippen LogP contribution in [-0.2, 0) is 24.3 Å². The molecule has 0 radical (unpaired) electrons. The highest BCUT2D eigenvalue weighted by Gasteiger charge is 2.33. The Labute approximate surface area is 171 Å². The van der Waals surface area contributed by atoms with Gasteiger partial charge in [0, 0.05) is 19.3 Å². The summed E-state index contributed by atoms with van der Waals surface area (Å²) in [6.45, 7) is 0.0403. The smallest absolute Gasteiger partial charge is 0.309 e. The number of hydrogen-bond acceptors (Lipinski definition) is 7. The Balaban J connectivity index is 1.45. The third-order valence-electron chi connectivity index (χ3n) is 4.22. The standard InChI is InChI=1S/C17H18ClN3O5S2/c18-13-3-4-14(19-10-13)20-15(22)11-26-17(23)12-5-7-21(8-6-12)28(24,25)16-2-1-9-27-16/h1-4,9-10,12H,5-8,11H2,(H,19,20,22). The van der Waals surface area contributed by atoms with E-state index >= 15 is 0 Å². The minimum atomic E-state index is -3.51. The van der Waals surface area contributed by atoms with Crippen LogP contribution in [-0.4, -0.2) is 49.3 Å². The highest BCUT2D eigenvalue weighted by Crippen LogP contribution is 2.26. The number of amides is 1. The van der Waals surface area contributed by atoms with Crippen LogP contribution < -0.4 is 5.32 Å². The van der Waals surface area contributed by atoms with Crippen molar-refractivity contribution in [1.29, 1.82) is 0 Å². The van der Waals surface area contributed by atoms with Crippen molar-refractivity contribution in [2.45, 2.75) is 17.1 Å². The number of carbonyl (C=O) groups excluding carboxylic acids is 2. The second kappa shape index (κ2) is 8.99. The van der Waals surface area contributed by atoms with Gasteiger partial charge < -0.3 is 10.1 Å². The maximum atomic E-state index is 12.5. The topological polar surface area (TPSA) is 106 Å². The lowest BCUT2D eigenvalue weighted by Crippen LogP contribution is -2.40. The molecule has 3 heterocycles. The van der Waals surface area contributed by atoms with E-state index in [-0.39, 0.29) is 13.1 Å². The number of halogens is 1. The quantitative estimate of drug-likeness (QED) is 0.687. The predicted molar refractivity (Wildman–Crippen MR) is 105 cm³/mol. The molecule has 0 bridgehead atoms. The van der Waals surface area contributed by atoms with Crippen LogP contribution in [0.25, 0.3) is 0 Å². The van der Waals surface area contributed by atoms with Gasteiger partial charge in [-0.3, -0.25) is 9.59 Å². The monoisotopic (exact) mass is 443 g/mol. The molecule has 0 aromatic carbocycles. The first-order chi connectivity index (χ1) is 13.4. The van der Waals surface area contributed by atoms with Gasteiger partial charge in [-0.05, 0) is 36.4 Å². The van der Waals surface area contributed by atoms with Gasteiger partial charge in [-0.25, -0.2) is 13.4 Å². The molecule has 3 rings (SSSR count). The number of nitrogens with one attached hydrogen (secondary N) is 1. The number of ether oxygens (including phenoxy) is 1. The van der Waals surface area contributed by atoms with Crippen LogP contribution >= 0.6 is 22.9 Å². The molecule has 0 atom stereocenters. The van der Waals surface area contributed by atoms with E-state index in [2.05, 4.69) is 10.3 Å². The van der Waals surface area contributed by atoms with Gasteiger partial charge in [-0.2, -0.15) is 4.31 Å². The lowest BCUT2D eigenvalue weighted by atomic mass is 9.98. The molecule has 1 aliphatic heterocycles. The molecule has 1 saturated heterocycles. The van der Waals surface area contributed by atoms with Crippen molar-refractivity contribution < 1.29 is 22.7 Å². The Morgan fingerprint density at radius 1 is 1.29 bits per heavy atom. The Morgan fingerprint density at radius 2 is 2.04 bits per heavy atom. The van der Waals surface area contributed by atoms with Crippen molar-refractivity contribution >= 4 is 50.7 Å². The van der Waals surface area contributed by atoms with E-state index < -0.39 is 34.4 Å². The summed E-state index contributed by atoms with van der Waals surface area (Å²) in [4.78, 5) is 28.0. The molecular formula is C17H18ClN3O5S2. The molecule has 1 N–H and O–H groups in total. The number of anilines is 1. The second-order valence-electron chi connectivity index (χ2n) is 6.13. The molecular weight excluding hydrogens is 426 g/mol. The van der Waals surface area contributed by atoms with E-state index in [4.69, 9.17) is 16.3 Å². The lowest BCUT2D eigenvalue weighted by molar-refractivity contribution is -0.152. The number of carbonyl (C=O) groups is 2. The molecule has 0 spiro atoms. The van der Waals surface area contributed by atoms with E-state index in [1.165, 1.54) is 27.9 Å². The maximum absolute atomic E-state index is 12.5. The van der Waals surface area contributed by atoms with Gasteiger partial charge in [0.1, 0.15) is 10.0 Å². The van der Waals surface area contributed by atoms with Gasteiger partial charge in [0.15, 0.2) is 6.61 Å². The van der Waals surface area contributed by atoms with E-state index in [0.717, 1.165) is 0 Å². The number of thiophene rings is 1. The highest BCUT2D eigenvalue weighted by molar-refractivity contribution is 7.91. The Bertz CT molecular complexity index is 924. The molecule has 28 heavy (non-hydrogen) atoms. The zero-order chi connectivity index (χ0) is 20.1. The minimum Gasteiger partial charge on any atom is -0.455 e. The Hall–Kier alpha value is -2.01. The molecule has 150 valence electrons. The average Bonchev–Trinajstić information content (AvgIpc) is 3.24. The van der Waals surface area contributed by atoms with Gasteiger partial charge in [0.05, 0.1) is 10.9 Å².